The predicted molar refractivity (Wildman–Crippen MR) is 75.2 cm³/mol. The minimum absolute atomic E-state index is 0.144. The Bertz CT molecular complexity index is 787. The molecule has 0 bridgehead atoms. The SMILES string of the molecule is CCn1cc(S(=O)(=O)Nc2ccc(Cl)cc2C(F)(F)F)cn1. The van der Waals surface area contributed by atoms with Gasteiger partial charge in [-0.05, 0) is 25.1 Å². The second-order valence-electron chi connectivity index (χ2n) is 4.32. The van der Waals surface area contributed by atoms with E-state index in [-0.39, 0.29) is 9.92 Å². The minimum atomic E-state index is -4.74. The largest absolute Gasteiger partial charge is 0.418 e. The summed E-state index contributed by atoms with van der Waals surface area (Å²) < 4.78 is 66.4. The van der Waals surface area contributed by atoms with Crippen molar-refractivity contribution in [3.05, 3.63) is 41.2 Å². The van der Waals surface area contributed by atoms with E-state index in [1.165, 1.54) is 16.9 Å². The van der Waals surface area contributed by atoms with Gasteiger partial charge in [0.1, 0.15) is 4.90 Å². The maximum absolute atomic E-state index is 13.0. The maximum atomic E-state index is 13.0. The standard InChI is InChI=1S/C12H11ClF3N3O2S/c1-2-19-7-9(6-17-19)22(20,21)18-11-4-3-8(13)5-10(11)12(14,15)16/h3-7,18H,2H2,1H3. The van der Waals surface area contributed by atoms with Crippen LogP contribution in [0.25, 0.3) is 0 Å². The number of rotatable bonds is 4. The van der Waals surface area contributed by atoms with E-state index in [1.54, 1.807) is 6.92 Å². The molecule has 1 heterocycles. The van der Waals surface area contributed by atoms with Crippen molar-refractivity contribution in [2.45, 2.75) is 24.5 Å². The van der Waals surface area contributed by atoms with Gasteiger partial charge < -0.3 is 0 Å². The first kappa shape index (κ1) is 16.6. The monoisotopic (exact) mass is 353 g/mol. The lowest BCUT2D eigenvalue weighted by molar-refractivity contribution is -0.136. The average Bonchev–Trinajstić information content (AvgIpc) is 2.89. The molecule has 0 spiro atoms. The van der Waals surface area contributed by atoms with Crippen molar-refractivity contribution in [3.8, 4) is 0 Å². The van der Waals surface area contributed by atoms with Crippen molar-refractivity contribution in [2.24, 2.45) is 0 Å². The van der Waals surface area contributed by atoms with Crippen molar-refractivity contribution in [2.75, 3.05) is 4.72 Å². The molecule has 0 aliphatic rings. The van der Waals surface area contributed by atoms with Gasteiger partial charge in [0.25, 0.3) is 10.0 Å². The maximum Gasteiger partial charge on any atom is 0.418 e. The van der Waals surface area contributed by atoms with Crippen LogP contribution in [0.1, 0.15) is 12.5 Å². The van der Waals surface area contributed by atoms with Crippen LogP contribution in [0.5, 0.6) is 0 Å². The Hall–Kier alpha value is -1.74. The van der Waals surface area contributed by atoms with E-state index in [0.29, 0.717) is 12.6 Å². The van der Waals surface area contributed by atoms with Gasteiger partial charge in [-0.2, -0.15) is 18.3 Å². The van der Waals surface area contributed by atoms with E-state index in [1.807, 2.05) is 4.72 Å². The molecular weight excluding hydrogens is 343 g/mol. The fourth-order valence-corrected chi connectivity index (χ4v) is 2.90. The van der Waals surface area contributed by atoms with Crippen molar-refractivity contribution < 1.29 is 21.6 Å². The van der Waals surface area contributed by atoms with Crippen LogP contribution in [0.2, 0.25) is 5.02 Å². The molecule has 0 saturated carbocycles. The number of halogens is 4. The third-order valence-electron chi connectivity index (χ3n) is 2.78. The smallest absolute Gasteiger partial charge is 0.279 e. The zero-order valence-corrected chi connectivity index (χ0v) is 12.8. The van der Waals surface area contributed by atoms with Crippen molar-refractivity contribution in [1.82, 2.24) is 9.78 Å². The first-order chi connectivity index (χ1) is 10.1. The molecule has 0 saturated heterocycles. The lowest BCUT2D eigenvalue weighted by Gasteiger charge is -2.14. The van der Waals surface area contributed by atoms with Crippen LogP contribution in [0.4, 0.5) is 18.9 Å². The molecular formula is C12H11ClF3N3O2S. The quantitative estimate of drug-likeness (QED) is 0.916. The fraction of sp³-hybridized carbons (Fsp3) is 0.250. The Morgan fingerprint density at radius 3 is 2.59 bits per heavy atom. The molecule has 0 amide bonds. The summed E-state index contributed by atoms with van der Waals surface area (Å²) in [5.41, 5.74) is -1.76. The lowest BCUT2D eigenvalue weighted by Crippen LogP contribution is -2.17. The molecule has 1 aromatic carbocycles. The van der Waals surface area contributed by atoms with Gasteiger partial charge in [0, 0.05) is 17.8 Å². The second kappa shape index (κ2) is 5.81. The van der Waals surface area contributed by atoms with E-state index in [0.717, 1.165) is 12.3 Å². The fourth-order valence-electron chi connectivity index (χ4n) is 1.70. The number of aromatic nitrogens is 2. The highest BCUT2D eigenvalue weighted by molar-refractivity contribution is 7.92. The van der Waals surface area contributed by atoms with Crippen LogP contribution in [-0.4, -0.2) is 18.2 Å². The summed E-state index contributed by atoms with van der Waals surface area (Å²) in [5, 5.41) is 3.64. The predicted octanol–water partition coefficient (Wildman–Crippen LogP) is 3.38. The van der Waals surface area contributed by atoms with Crippen LogP contribution in [0.15, 0.2) is 35.5 Å². The van der Waals surface area contributed by atoms with Gasteiger partial charge in [-0.25, -0.2) is 8.42 Å². The molecule has 22 heavy (non-hydrogen) atoms. The molecule has 1 N–H and O–H groups in total. The number of nitrogens with zero attached hydrogens (tertiary/aromatic N) is 2. The molecule has 0 aliphatic carbocycles. The molecule has 0 radical (unpaired) electrons. The Kier molecular flexibility index (Phi) is 4.39. The van der Waals surface area contributed by atoms with Crippen LogP contribution < -0.4 is 4.72 Å². The second-order valence-corrected chi connectivity index (χ2v) is 6.44. The van der Waals surface area contributed by atoms with Crippen molar-refractivity contribution in [3.63, 3.8) is 0 Å². The number of benzene rings is 1. The number of hydrogen-bond donors (Lipinski definition) is 1. The molecule has 120 valence electrons. The average molecular weight is 354 g/mol. The Labute approximate surface area is 129 Å². The van der Waals surface area contributed by atoms with E-state index in [2.05, 4.69) is 5.10 Å². The number of alkyl halides is 3. The molecule has 0 fully saturated rings. The third-order valence-corrected chi connectivity index (χ3v) is 4.33. The number of nitrogens with one attached hydrogen (secondary N) is 1. The number of aryl methyl sites for hydroxylation is 1. The third kappa shape index (κ3) is 3.53. The number of hydrogen-bond acceptors (Lipinski definition) is 3. The van der Waals surface area contributed by atoms with Crippen LogP contribution in [-0.2, 0) is 22.7 Å². The van der Waals surface area contributed by atoms with E-state index < -0.39 is 27.5 Å². The summed E-state index contributed by atoms with van der Waals surface area (Å²) >= 11 is 5.54. The first-order valence-corrected chi connectivity index (χ1v) is 7.91. The first-order valence-electron chi connectivity index (χ1n) is 6.05. The Morgan fingerprint density at radius 2 is 2.05 bits per heavy atom. The molecule has 0 unspecified atom stereocenters. The highest BCUT2D eigenvalue weighted by Gasteiger charge is 2.35. The number of sulfonamides is 1. The Balaban J connectivity index is 2.42. The Morgan fingerprint density at radius 1 is 1.36 bits per heavy atom. The molecule has 0 aliphatic heterocycles. The van der Waals surface area contributed by atoms with E-state index >= 15 is 0 Å². The van der Waals surface area contributed by atoms with Crippen molar-refractivity contribution in [1.29, 1.82) is 0 Å². The molecule has 0 atom stereocenters. The highest BCUT2D eigenvalue weighted by Crippen LogP contribution is 2.37. The van der Waals surface area contributed by atoms with Gasteiger partial charge in [0.15, 0.2) is 0 Å². The van der Waals surface area contributed by atoms with Gasteiger partial charge in [-0.1, -0.05) is 11.6 Å². The van der Waals surface area contributed by atoms with E-state index in [4.69, 9.17) is 11.6 Å². The lowest BCUT2D eigenvalue weighted by atomic mass is 10.2. The summed E-state index contributed by atoms with van der Waals surface area (Å²) in [6.45, 7) is 2.18. The van der Waals surface area contributed by atoms with E-state index in [9.17, 15) is 21.6 Å². The molecule has 2 aromatic rings. The minimum Gasteiger partial charge on any atom is -0.279 e. The van der Waals surface area contributed by atoms with Crippen LogP contribution >= 0.6 is 11.6 Å². The summed E-state index contributed by atoms with van der Waals surface area (Å²) in [5.74, 6) is 0. The number of anilines is 1. The molecule has 10 heteroatoms. The summed E-state index contributed by atoms with van der Waals surface area (Å²) in [6.07, 6.45) is -2.45. The van der Waals surface area contributed by atoms with Gasteiger partial charge in [-0.3, -0.25) is 9.40 Å². The van der Waals surface area contributed by atoms with Crippen LogP contribution in [0, 0.1) is 0 Å². The van der Waals surface area contributed by atoms with Crippen LogP contribution in [0.3, 0.4) is 0 Å². The van der Waals surface area contributed by atoms with Gasteiger partial charge >= 0.3 is 6.18 Å². The summed E-state index contributed by atoms with van der Waals surface area (Å²) in [6, 6.07) is 2.80. The summed E-state index contributed by atoms with van der Waals surface area (Å²) in [7, 11) is -4.17. The topological polar surface area (TPSA) is 64.0 Å². The summed E-state index contributed by atoms with van der Waals surface area (Å²) in [4.78, 5) is -0.225. The van der Waals surface area contributed by atoms with Crippen molar-refractivity contribution >= 4 is 27.3 Å². The van der Waals surface area contributed by atoms with Gasteiger partial charge in [0.2, 0.25) is 0 Å². The molecule has 1 aromatic heterocycles. The normalized spacial score (nSPS) is 12.4. The highest BCUT2D eigenvalue weighted by atomic mass is 35.5. The zero-order valence-electron chi connectivity index (χ0n) is 11.2. The van der Waals surface area contributed by atoms with Gasteiger partial charge in [-0.15, -0.1) is 0 Å². The molecule has 5 nitrogen and oxygen atoms in total. The zero-order chi connectivity index (χ0) is 16.5. The molecule has 2 rings (SSSR count). The van der Waals surface area contributed by atoms with Gasteiger partial charge in [0.05, 0.1) is 17.4 Å².